The molecule has 2 aromatic carbocycles. The molecule has 1 spiro atoms. The maximum absolute atomic E-state index is 17.2. The summed E-state index contributed by atoms with van der Waals surface area (Å²) >= 11 is 0. The number of hydrogen-bond acceptors (Lipinski definition) is 11. The minimum Gasteiger partial charge on any atom is -0.508 e. The molecule has 5 heterocycles. The van der Waals surface area contributed by atoms with Crippen LogP contribution in [0.2, 0.25) is 0 Å². The lowest BCUT2D eigenvalue weighted by molar-refractivity contribution is -0.0845. The number of halogens is 2. The third-order valence-corrected chi connectivity index (χ3v) is 12.5. The van der Waals surface area contributed by atoms with Crippen LogP contribution in [-0.2, 0) is 9.47 Å². The van der Waals surface area contributed by atoms with Crippen molar-refractivity contribution in [1.82, 2.24) is 25.2 Å². The highest BCUT2D eigenvalue weighted by atomic mass is 19.1. The molecule has 2 aromatic heterocycles. The van der Waals surface area contributed by atoms with Crippen LogP contribution in [0.3, 0.4) is 0 Å². The van der Waals surface area contributed by atoms with Gasteiger partial charge in [-0.25, -0.2) is 18.6 Å². The summed E-state index contributed by atoms with van der Waals surface area (Å²) in [5, 5.41) is 14.1. The summed E-state index contributed by atoms with van der Waals surface area (Å²) in [6.45, 7) is 2.63. The predicted molar refractivity (Wildman–Crippen MR) is 192 cm³/mol. The Kier molecular flexibility index (Phi) is 8.45. The molecule has 9 rings (SSSR count). The molecule has 1 unspecified atom stereocenters. The van der Waals surface area contributed by atoms with Gasteiger partial charge in [0.15, 0.2) is 5.82 Å². The van der Waals surface area contributed by atoms with Crippen LogP contribution in [0.4, 0.5) is 19.4 Å². The smallest absolute Gasteiger partial charge is 0.407 e. The Morgan fingerprint density at radius 2 is 1.87 bits per heavy atom. The highest BCUT2D eigenvalue weighted by molar-refractivity contribution is 6.02. The number of aromatic nitrogens is 3. The van der Waals surface area contributed by atoms with Crippen LogP contribution in [0, 0.1) is 17.0 Å². The van der Waals surface area contributed by atoms with Gasteiger partial charge < -0.3 is 34.3 Å². The lowest BCUT2D eigenvalue weighted by Crippen LogP contribution is -2.59. The van der Waals surface area contributed by atoms with Gasteiger partial charge in [-0.2, -0.15) is 9.97 Å². The van der Waals surface area contributed by atoms with Crippen molar-refractivity contribution >= 4 is 33.6 Å². The number of phenolic OH excluding ortho intramolecular Hbond substituents is 1. The van der Waals surface area contributed by atoms with E-state index in [0.29, 0.717) is 68.5 Å². The third kappa shape index (κ3) is 5.76. The van der Waals surface area contributed by atoms with E-state index in [1.165, 1.54) is 31.4 Å². The number of piperidine rings is 2. The molecule has 5 aliphatic rings. The molecule has 0 bridgehead atoms. The number of nitrogens with one attached hydrogen (secondary N) is 1. The van der Waals surface area contributed by atoms with Gasteiger partial charge in [0.2, 0.25) is 5.88 Å². The van der Waals surface area contributed by atoms with Gasteiger partial charge in [0.25, 0.3) is 0 Å². The normalized spacial score (nSPS) is 28.6. The predicted octanol–water partition coefficient (Wildman–Crippen LogP) is 6.11. The van der Waals surface area contributed by atoms with Crippen molar-refractivity contribution in [3.05, 3.63) is 42.0 Å². The van der Waals surface area contributed by atoms with Crippen LogP contribution in [-0.4, -0.2) is 102 Å². The van der Waals surface area contributed by atoms with Crippen LogP contribution in [0.1, 0.15) is 57.8 Å². The Labute approximate surface area is 305 Å². The number of hydrogen-bond donors (Lipinski definition) is 2. The number of amides is 1. The van der Waals surface area contributed by atoms with Gasteiger partial charge in [-0.1, -0.05) is 18.6 Å². The van der Waals surface area contributed by atoms with Gasteiger partial charge in [-0.15, -0.1) is 0 Å². The molecule has 3 aliphatic heterocycles. The Bertz CT molecular complexity index is 2100. The lowest BCUT2D eigenvalue weighted by atomic mass is 9.73. The number of likely N-dealkylation sites (tertiary alicyclic amines) is 1. The monoisotopic (exact) mass is 730 g/mol. The van der Waals surface area contributed by atoms with Gasteiger partial charge in [0.05, 0.1) is 32.9 Å². The molecule has 5 fully saturated rings. The van der Waals surface area contributed by atoms with E-state index in [2.05, 4.69) is 15.2 Å². The van der Waals surface area contributed by atoms with Crippen LogP contribution in [0.15, 0.2) is 30.3 Å². The van der Waals surface area contributed by atoms with E-state index in [1.807, 2.05) is 4.90 Å². The fourth-order valence-corrected chi connectivity index (χ4v) is 9.87. The summed E-state index contributed by atoms with van der Waals surface area (Å²) in [6.07, 6.45) is 8.58. The SMILES string of the molecule is COc1nc(-c2cc(O)cc3cccc(F)c23)c(F)c2nc(OC[C@]34CCCC3N(C3CC(OC)C3)CCC4)nc(N3CCC[C@]4(CNC(=O)O4)C3)c12. The quantitative estimate of drug-likeness (QED) is 0.218. The van der Waals surface area contributed by atoms with Crippen molar-refractivity contribution in [2.45, 2.75) is 81.6 Å². The van der Waals surface area contributed by atoms with Crippen molar-refractivity contribution in [1.29, 1.82) is 0 Å². The zero-order chi connectivity index (χ0) is 36.5. The Morgan fingerprint density at radius 1 is 1.04 bits per heavy atom. The van der Waals surface area contributed by atoms with Gasteiger partial charge >= 0.3 is 12.1 Å². The first-order valence-corrected chi connectivity index (χ1v) is 18.7. The Hall–Kier alpha value is -4.56. The number of carbonyl (C=O) groups is 1. The van der Waals surface area contributed by atoms with E-state index in [4.69, 9.17) is 28.9 Å². The lowest BCUT2D eigenvalue weighted by Gasteiger charge is -2.53. The number of alkyl carbamates (subject to hydrolysis) is 1. The number of anilines is 1. The first kappa shape index (κ1) is 34.2. The van der Waals surface area contributed by atoms with E-state index in [0.717, 1.165) is 51.5 Å². The van der Waals surface area contributed by atoms with Gasteiger partial charge in [-0.3, -0.25) is 4.90 Å². The maximum Gasteiger partial charge on any atom is 0.407 e. The molecule has 2 N–H and O–H groups in total. The molecular weight excluding hydrogens is 686 g/mol. The van der Waals surface area contributed by atoms with Gasteiger partial charge in [0.1, 0.15) is 39.6 Å². The van der Waals surface area contributed by atoms with Crippen molar-refractivity contribution in [3.8, 4) is 28.9 Å². The highest BCUT2D eigenvalue weighted by Gasteiger charge is 2.52. The second-order valence-electron chi connectivity index (χ2n) is 15.5. The fourth-order valence-electron chi connectivity index (χ4n) is 9.87. The van der Waals surface area contributed by atoms with Crippen molar-refractivity contribution in [2.24, 2.45) is 5.41 Å². The molecule has 2 saturated carbocycles. The number of fused-ring (bicyclic) bond motifs is 3. The average molecular weight is 731 g/mol. The highest BCUT2D eigenvalue weighted by Crippen LogP contribution is 2.51. The number of rotatable bonds is 8. The minimum absolute atomic E-state index is 0.0129. The number of benzene rings is 2. The number of phenols is 1. The number of aromatic hydroxyl groups is 1. The first-order chi connectivity index (χ1) is 25.7. The summed E-state index contributed by atoms with van der Waals surface area (Å²) < 4.78 is 56.4. The van der Waals surface area contributed by atoms with E-state index in [9.17, 15) is 9.90 Å². The van der Waals surface area contributed by atoms with E-state index in [1.54, 1.807) is 13.2 Å². The second-order valence-corrected chi connectivity index (χ2v) is 15.5. The van der Waals surface area contributed by atoms with Gasteiger partial charge in [-0.05, 0) is 81.5 Å². The summed E-state index contributed by atoms with van der Waals surface area (Å²) in [4.78, 5) is 31.1. The topological polar surface area (TPSA) is 131 Å². The van der Waals surface area contributed by atoms with Crippen LogP contribution < -0.4 is 19.7 Å². The number of pyridine rings is 1. The summed E-state index contributed by atoms with van der Waals surface area (Å²) in [5.74, 6) is -1.21. The summed E-state index contributed by atoms with van der Waals surface area (Å²) in [6, 6.07) is 8.05. The molecule has 14 heteroatoms. The summed E-state index contributed by atoms with van der Waals surface area (Å²) in [7, 11) is 3.20. The minimum atomic E-state index is -0.830. The number of methoxy groups -OCH3 is 2. The average Bonchev–Trinajstić information content (AvgIpc) is 3.73. The molecule has 53 heavy (non-hydrogen) atoms. The largest absolute Gasteiger partial charge is 0.508 e. The van der Waals surface area contributed by atoms with Crippen LogP contribution in [0.25, 0.3) is 32.9 Å². The zero-order valence-electron chi connectivity index (χ0n) is 30.0. The molecule has 3 atom stereocenters. The number of nitrogens with zero attached hydrogens (tertiary/aromatic N) is 5. The molecular formula is C39H44F2N6O6. The molecule has 2 aliphatic carbocycles. The molecule has 1 amide bonds. The summed E-state index contributed by atoms with van der Waals surface area (Å²) in [5.41, 5.74) is -1.15. The fraction of sp³-hybridized carbons (Fsp3) is 0.538. The number of ether oxygens (including phenoxy) is 4. The Morgan fingerprint density at radius 3 is 2.66 bits per heavy atom. The van der Waals surface area contributed by atoms with Crippen LogP contribution in [0.5, 0.6) is 17.6 Å². The second kappa shape index (κ2) is 13.1. The molecule has 0 radical (unpaired) electrons. The zero-order valence-corrected chi connectivity index (χ0v) is 30.0. The first-order valence-electron chi connectivity index (χ1n) is 18.7. The third-order valence-electron chi connectivity index (χ3n) is 12.5. The van der Waals surface area contributed by atoms with Crippen molar-refractivity contribution in [3.63, 3.8) is 0 Å². The molecule has 280 valence electrons. The molecule has 4 aromatic rings. The van der Waals surface area contributed by atoms with Crippen LogP contribution >= 0.6 is 0 Å². The van der Waals surface area contributed by atoms with E-state index < -0.39 is 23.3 Å². The molecule has 12 nitrogen and oxygen atoms in total. The van der Waals surface area contributed by atoms with Crippen molar-refractivity contribution < 1.29 is 37.6 Å². The van der Waals surface area contributed by atoms with Crippen molar-refractivity contribution in [2.75, 3.05) is 51.9 Å². The molecule has 3 saturated heterocycles. The van der Waals surface area contributed by atoms with Gasteiger partial charge in [0, 0.05) is 42.1 Å². The van der Waals surface area contributed by atoms with E-state index in [-0.39, 0.29) is 50.6 Å². The standard InChI is InChI=1S/C39H44F2N6O6/c1-50-25-16-23(17-25)47-14-5-11-38(10-4-9-28(38)47)21-52-36-44-33-30(34(45-36)46-13-6-12-39(20-46)19-42-37(49)53-39)35(51-2)43-32(31(33)41)26-18-24(48)15-22-7-3-8-27(40)29(22)26/h3,7-8,15,18,23,25,28,48H,4-6,9-14,16-17,19-21H2,1-2H3,(H,42,49)/t23?,25?,28?,38-,39+/m1/s1. The van der Waals surface area contributed by atoms with E-state index >= 15 is 8.78 Å². The maximum atomic E-state index is 17.2. The Balaban J connectivity index is 1.15. The number of carbonyl (C=O) groups excluding carboxylic acids is 1.